The first kappa shape index (κ1) is 19.2. The van der Waals surface area contributed by atoms with E-state index in [1.54, 1.807) is 18.0 Å². The average molecular weight is 403 g/mol. The lowest BCUT2D eigenvalue weighted by Gasteiger charge is -2.08. The summed E-state index contributed by atoms with van der Waals surface area (Å²) in [6, 6.07) is 20.4. The molecule has 1 N–H and O–H groups in total. The molecule has 0 saturated carbocycles. The Morgan fingerprint density at radius 1 is 0.966 bits per heavy atom. The normalized spacial score (nSPS) is 10.9. The van der Waals surface area contributed by atoms with Crippen LogP contribution in [0.1, 0.15) is 16.7 Å². The molecule has 6 heteroatoms. The Morgan fingerprint density at radius 2 is 1.79 bits per heavy atom. The molecule has 2 heterocycles. The molecule has 0 spiro atoms. The van der Waals surface area contributed by atoms with Gasteiger partial charge >= 0.3 is 0 Å². The molecule has 0 unspecified atom stereocenters. The molecule has 0 aliphatic heterocycles. The SMILES string of the molecule is O=C(CSCc1cccnc1)NCc1ccc(Cn2cnc3ccccc32)cc1. The summed E-state index contributed by atoms with van der Waals surface area (Å²) >= 11 is 1.59. The number of hydrogen-bond donors (Lipinski definition) is 1. The van der Waals surface area contributed by atoms with E-state index in [0.29, 0.717) is 12.3 Å². The van der Waals surface area contributed by atoms with Crippen molar-refractivity contribution in [1.29, 1.82) is 0 Å². The lowest BCUT2D eigenvalue weighted by atomic mass is 10.1. The number of amides is 1. The molecular formula is C23H22N4OS. The van der Waals surface area contributed by atoms with Crippen molar-refractivity contribution in [3.05, 3.63) is 96.1 Å². The van der Waals surface area contributed by atoms with Crippen molar-refractivity contribution in [2.75, 3.05) is 5.75 Å². The van der Waals surface area contributed by atoms with Crippen LogP contribution >= 0.6 is 11.8 Å². The van der Waals surface area contributed by atoms with E-state index in [1.807, 2.05) is 42.9 Å². The number of nitrogens with one attached hydrogen (secondary N) is 1. The molecule has 29 heavy (non-hydrogen) atoms. The molecule has 5 nitrogen and oxygen atoms in total. The van der Waals surface area contributed by atoms with Crippen LogP contribution < -0.4 is 5.32 Å². The lowest BCUT2D eigenvalue weighted by molar-refractivity contribution is -0.118. The van der Waals surface area contributed by atoms with E-state index in [2.05, 4.69) is 50.2 Å². The van der Waals surface area contributed by atoms with E-state index < -0.39 is 0 Å². The molecule has 0 bridgehead atoms. The number of pyridine rings is 1. The Bertz CT molecular complexity index is 1080. The first-order valence-corrected chi connectivity index (χ1v) is 10.6. The minimum Gasteiger partial charge on any atom is -0.351 e. The lowest BCUT2D eigenvalue weighted by Crippen LogP contribution is -2.24. The molecular weight excluding hydrogens is 380 g/mol. The number of para-hydroxylation sites is 2. The van der Waals surface area contributed by atoms with Crippen LogP contribution in [0.25, 0.3) is 11.0 Å². The van der Waals surface area contributed by atoms with Gasteiger partial charge in [0.2, 0.25) is 5.91 Å². The van der Waals surface area contributed by atoms with E-state index >= 15 is 0 Å². The first-order chi connectivity index (χ1) is 14.3. The first-order valence-electron chi connectivity index (χ1n) is 9.49. The van der Waals surface area contributed by atoms with Crippen molar-refractivity contribution in [2.45, 2.75) is 18.8 Å². The summed E-state index contributed by atoms with van der Waals surface area (Å²) in [5.74, 6) is 1.28. The maximum Gasteiger partial charge on any atom is 0.230 e. The van der Waals surface area contributed by atoms with E-state index in [9.17, 15) is 4.79 Å². The number of carbonyl (C=O) groups excluding carboxylic acids is 1. The number of benzene rings is 2. The highest BCUT2D eigenvalue weighted by Crippen LogP contribution is 2.15. The molecule has 0 saturated heterocycles. The van der Waals surface area contributed by atoms with Crippen LogP contribution in [0.4, 0.5) is 0 Å². The molecule has 2 aromatic carbocycles. The highest BCUT2D eigenvalue weighted by atomic mass is 32.2. The average Bonchev–Trinajstić information content (AvgIpc) is 3.17. The largest absolute Gasteiger partial charge is 0.351 e. The smallest absolute Gasteiger partial charge is 0.230 e. The number of aromatic nitrogens is 3. The van der Waals surface area contributed by atoms with Crippen molar-refractivity contribution in [1.82, 2.24) is 19.9 Å². The van der Waals surface area contributed by atoms with Gasteiger partial charge < -0.3 is 9.88 Å². The third-order valence-corrected chi connectivity index (χ3v) is 5.62. The van der Waals surface area contributed by atoms with Crippen molar-refractivity contribution >= 4 is 28.7 Å². The van der Waals surface area contributed by atoms with Crippen molar-refractivity contribution in [3.8, 4) is 0 Å². The molecule has 0 atom stereocenters. The number of hydrogen-bond acceptors (Lipinski definition) is 4. The Kier molecular flexibility index (Phi) is 6.22. The maximum absolute atomic E-state index is 12.1. The van der Waals surface area contributed by atoms with Gasteiger partial charge in [0.1, 0.15) is 0 Å². The van der Waals surface area contributed by atoms with Gasteiger partial charge in [0.05, 0.1) is 23.1 Å². The second-order valence-electron chi connectivity index (χ2n) is 6.81. The fraction of sp³-hybridized carbons (Fsp3) is 0.174. The molecule has 4 rings (SSSR count). The summed E-state index contributed by atoms with van der Waals surface area (Å²) in [4.78, 5) is 20.6. The molecule has 0 radical (unpaired) electrons. The summed E-state index contributed by atoms with van der Waals surface area (Å²) in [5.41, 5.74) is 5.57. The highest BCUT2D eigenvalue weighted by molar-refractivity contribution is 7.99. The molecule has 0 fully saturated rings. The Hall–Kier alpha value is -3.12. The third-order valence-electron chi connectivity index (χ3n) is 4.62. The minimum absolute atomic E-state index is 0.0489. The standard InChI is InChI=1S/C23H22N4OS/c28-23(16-29-15-20-4-3-11-24-12-20)25-13-18-7-9-19(10-8-18)14-27-17-26-21-5-1-2-6-22(21)27/h1-12,17H,13-16H2,(H,25,28). The van der Waals surface area contributed by atoms with Crippen LogP contribution in [0, 0.1) is 0 Å². The number of carbonyl (C=O) groups is 1. The second kappa shape index (κ2) is 9.39. The van der Waals surface area contributed by atoms with Crippen LogP contribution in [0.5, 0.6) is 0 Å². The van der Waals surface area contributed by atoms with Crippen molar-refractivity contribution in [2.24, 2.45) is 0 Å². The predicted octanol–water partition coefficient (Wildman–Crippen LogP) is 4.03. The molecule has 0 aliphatic rings. The van der Waals surface area contributed by atoms with Gasteiger partial charge in [0.15, 0.2) is 0 Å². The van der Waals surface area contributed by atoms with E-state index in [4.69, 9.17) is 0 Å². The van der Waals surface area contributed by atoms with Gasteiger partial charge in [-0.05, 0) is 34.9 Å². The maximum atomic E-state index is 12.1. The van der Waals surface area contributed by atoms with Gasteiger partial charge in [-0.25, -0.2) is 4.98 Å². The van der Waals surface area contributed by atoms with E-state index in [1.165, 1.54) is 5.56 Å². The molecule has 1 amide bonds. The summed E-state index contributed by atoms with van der Waals surface area (Å²) < 4.78 is 2.14. The minimum atomic E-state index is 0.0489. The van der Waals surface area contributed by atoms with Gasteiger partial charge in [-0.1, -0.05) is 42.5 Å². The number of nitrogens with zero attached hydrogens (tertiary/aromatic N) is 3. The fourth-order valence-corrected chi connectivity index (χ4v) is 3.89. The van der Waals surface area contributed by atoms with Gasteiger partial charge in [0, 0.05) is 31.2 Å². The molecule has 146 valence electrons. The highest BCUT2D eigenvalue weighted by Gasteiger charge is 2.04. The zero-order valence-electron chi connectivity index (χ0n) is 16.0. The second-order valence-corrected chi connectivity index (χ2v) is 7.79. The summed E-state index contributed by atoms with van der Waals surface area (Å²) in [5, 5.41) is 2.98. The quantitative estimate of drug-likeness (QED) is 0.483. The van der Waals surface area contributed by atoms with Crippen molar-refractivity contribution < 1.29 is 4.79 Å². The zero-order chi connectivity index (χ0) is 19.9. The van der Waals surface area contributed by atoms with Crippen LogP contribution in [-0.2, 0) is 23.6 Å². The monoisotopic (exact) mass is 402 g/mol. The van der Waals surface area contributed by atoms with Crippen LogP contribution in [0.3, 0.4) is 0 Å². The van der Waals surface area contributed by atoms with E-state index in [0.717, 1.165) is 34.5 Å². The Morgan fingerprint density at radius 3 is 2.62 bits per heavy atom. The van der Waals surface area contributed by atoms with Gasteiger partial charge in [-0.15, -0.1) is 11.8 Å². The summed E-state index contributed by atoms with van der Waals surface area (Å²) in [7, 11) is 0. The van der Waals surface area contributed by atoms with Gasteiger partial charge in [-0.2, -0.15) is 0 Å². The number of fused-ring (bicyclic) bond motifs is 1. The zero-order valence-corrected chi connectivity index (χ0v) is 16.8. The number of rotatable bonds is 8. The van der Waals surface area contributed by atoms with Gasteiger partial charge in [0.25, 0.3) is 0 Å². The molecule has 4 aromatic rings. The van der Waals surface area contributed by atoms with Crippen molar-refractivity contribution in [3.63, 3.8) is 0 Å². The topological polar surface area (TPSA) is 59.8 Å². The van der Waals surface area contributed by atoms with Gasteiger partial charge in [-0.3, -0.25) is 9.78 Å². The summed E-state index contributed by atoms with van der Waals surface area (Å²) in [6.07, 6.45) is 5.46. The van der Waals surface area contributed by atoms with Crippen LogP contribution in [0.15, 0.2) is 79.4 Å². The predicted molar refractivity (Wildman–Crippen MR) is 118 cm³/mol. The van der Waals surface area contributed by atoms with Crippen LogP contribution in [0.2, 0.25) is 0 Å². The molecule has 2 aromatic heterocycles. The fourth-order valence-electron chi connectivity index (χ4n) is 3.09. The third kappa shape index (κ3) is 5.23. The number of thioether (sulfide) groups is 1. The summed E-state index contributed by atoms with van der Waals surface area (Å²) in [6.45, 7) is 1.32. The van der Waals surface area contributed by atoms with Crippen LogP contribution in [-0.4, -0.2) is 26.2 Å². The van der Waals surface area contributed by atoms with E-state index in [-0.39, 0.29) is 5.91 Å². The molecule has 0 aliphatic carbocycles. The Balaban J connectivity index is 1.24. The number of imidazole rings is 1. The Labute approximate surface area is 174 Å².